The first-order chi connectivity index (χ1) is 19.4. The first-order valence-electron chi connectivity index (χ1n) is 11.8. The minimum atomic E-state index is -0.597. The van der Waals surface area contributed by atoms with E-state index in [1.807, 2.05) is 30.3 Å². The molecule has 4 aromatic rings. The number of rotatable bonds is 8. The summed E-state index contributed by atoms with van der Waals surface area (Å²) in [5.74, 6) is 0.510. The van der Waals surface area contributed by atoms with Crippen molar-refractivity contribution in [3.63, 3.8) is 0 Å². The molecule has 11 nitrogen and oxygen atoms in total. The van der Waals surface area contributed by atoms with Crippen LogP contribution in [0.25, 0.3) is 6.08 Å². The van der Waals surface area contributed by atoms with E-state index in [0.29, 0.717) is 28.5 Å². The van der Waals surface area contributed by atoms with E-state index in [1.165, 1.54) is 25.2 Å². The Morgan fingerprint density at radius 1 is 0.725 bits per heavy atom. The van der Waals surface area contributed by atoms with Gasteiger partial charge in [0.15, 0.2) is 5.11 Å². The van der Waals surface area contributed by atoms with Crippen LogP contribution < -0.4 is 29.2 Å². The van der Waals surface area contributed by atoms with E-state index in [9.17, 15) is 9.59 Å². The van der Waals surface area contributed by atoms with Gasteiger partial charge in [0.2, 0.25) is 0 Å². The van der Waals surface area contributed by atoms with Crippen molar-refractivity contribution in [2.24, 2.45) is 0 Å². The Morgan fingerprint density at radius 3 is 1.90 bits per heavy atom. The van der Waals surface area contributed by atoms with E-state index in [-0.39, 0.29) is 28.7 Å². The Kier molecular flexibility index (Phi) is 7.60. The Balaban J connectivity index is 1.33. The second-order valence-corrected chi connectivity index (χ2v) is 8.52. The number of nitrogens with one attached hydrogen (secondary N) is 1. The largest absolute Gasteiger partial charge is 0.467 e. The van der Waals surface area contributed by atoms with E-state index < -0.39 is 11.8 Å². The third-order valence-corrected chi connectivity index (χ3v) is 5.80. The van der Waals surface area contributed by atoms with Crippen molar-refractivity contribution in [1.82, 2.24) is 20.3 Å². The normalized spacial score (nSPS) is 14.1. The van der Waals surface area contributed by atoms with Crippen molar-refractivity contribution < 1.29 is 28.5 Å². The minimum Gasteiger partial charge on any atom is -0.467 e. The van der Waals surface area contributed by atoms with Crippen molar-refractivity contribution in [1.29, 1.82) is 0 Å². The summed E-state index contributed by atoms with van der Waals surface area (Å²) in [6.07, 6.45) is 1.47. The van der Waals surface area contributed by atoms with Crippen LogP contribution in [0.4, 0.5) is 5.69 Å². The van der Waals surface area contributed by atoms with Crippen LogP contribution in [0.2, 0.25) is 0 Å². The van der Waals surface area contributed by atoms with Crippen LogP contribution in [0, 0.1) is 0 Å². The van der Waals surface area contributed by atoms with Gasteiger partial charge in [0.25, 0.3) is 11.8 Å². The summed E-state index contributed by atoms with van der Waals surface area (Å²) in [5.41, 5.74) is 0.975. The highest BCUT2D eigenvalue weighted by Gasteiger charge is 2.34. The lowest BCUT2D eigenvalue weighted by Crippen LogP contribution is -2.54. The molecule has 1 aromatic heterocycles. The lowest BCUT2D eigenvalue weighted by molar-refractivity contribution is -0.122. The summed E-state index contributed by atoms with van der Waals surface area (Å²) < 4.78 is 21.5. The van der Waals surface area contributed by atoms with Crippen molar-refractivity contribution in [2.75, 3.05) is 19.1 Å². The fraction of sp³-hybridized carbons (Fsp3) is 0.0714. The number of ether oxygens (including phenoxy) is 4. The Hall–Kier alpha value is -5.36. The van der Waals surface area contributed by atoms with Crippen molar-refractivity contribution in [3.8, 4) is 35.3 Å². The number of hydrogen-bond acceptors (Lipinski definition) is 10. The molecule has 200 valence electrons. The maximum Gasteiger partial charge on any atom is 0.331 e. The molecular formula is C28H21N5O6S. The predicted octanol–water partition coefficient (Wildman–Crippen LogP) is 4.30. The van der Waals surface area contributed by atoms with Gasteiger partial charge >= 0.3 is 18.0 Å². The molecule has 2 amide bonds. The summed E-state index contributed by atoms with van der Waals surface area (Å²) in [7, 11) is 2.82. The lowest BCUT2D eigenvalue weighted by atomic mass is 10.1. The molecule has 1 saturated heterocycles. The van der Waals surface area contributed by atoms with Crippen LogP contribution in [0.15, 0.2) is 84.4 Å². The van der Waals surface area contributed by atoms with Crippen molar-refractivity contribution in [2.45, 2.75) is 0 Å². The number of amides is 2. The number of thiocarbonyl (C=S) groups is 1. The molecule has 0 atom stereocenters. The third kappa shape index (κ3) is 5.87. The standard InChI is InChI=1S/C28H21N5O6S/c1-36-25-30-26(37-2)32-27(31-25)39-21-12-8-17(9-13-21)16-22-23(34)29-28(40)33(24(22)35)18-10-14-20(15-11-18)38-19-6-4-3-5-7-19/h3-16H,1-2H3,(H,29,34,40)/b22-16+. The molecule has 1 aliphatic rings. The summed E-state index contributed by atoms with van der Waals surface area (Å²) >= 11 is 5.30. The monoisotopic (exact) mass is 555 g/mol. The Morgan fingerprint density at radius 2 is 1.27 bits per heavy atom. The van der Waals surface area contributed by atoms with E-state index in [1.54, 1.807) is 48.5 Å². The van der Waals surface area contributed by atoms with E-state index in [2.05, 4.69) is 20.3 Å². The molecule has 0 radical (unpaired) electrons. The molecule has 0 saturated carbocycles. The zero-order chi connectivity index (χ0) is 28.1. The lowest BCUT2D eigenvalue weighted by Gasteiger charge is -2.29. The second-order valence-electron chi connectivity index (χ2n) is 8.13. The van der Waals surface area contributed by atoms with E-state index >= 15 is 0 Å². The minimum absolute atomic E-state index is 0.0177. The molecule has 40 heavy (non-hydrogen) atoms. The summed E-state index contributed by atoms with van der Waals surface area (Å²) in [6.45, 7) is 0. The van der Waals surface area contributed by atoms with Gasteiger partial charge in [0.1, 0.15) is 22.8 Å². The van der Waals surface area contributed by atoms with Gasteiger partial charge in [-0.1, -0.05) is 30.3 Å². The highest BCUT2D eigenvalue weighted by atomic mass is 32.1. The number of carbonyl (C=O) groups excluding carboxylic acids is 2. The number of aromatic nitrogens is 3. The van der Waals surface area contributed by atoms with Gasteiger partial charge in [-0.3, -0.25) is 19.8 Å². The maximum absolute atomic E-state index is 13.4. The SMILES string of the molecule is COc1nc(OC)nc(Oc2ccc(/C=C3\C(=O)NC(=S)N(c4ccc(Oc5ccccc5)cc4)C3=O)cc2)n1. The van der Waals surface area contributed by atoms with Gasteiger partial charge in [-0.2, -0.15) is 0 Å². The van der Waals surface area contributed by atoms with Crippen LogP contribution in [-0.2, 0) is 9.59 Å². The fourth-order valence-electron chi connectivity index (χ4n) is 3.63. The number of anilines is 1. The molecule has 2 heterocycles. The van der Waals surface area contributed by atoms with E-state index in [0.717, 1.165) is 0 Å². The molecule has 5 rings (SSSR count). The maximum atomic E-state index is 13.4. The summed E-state index contributed by atoms with van der Waals surface area (Å²) in [6, 6.07) is 22.8. The van der Waals surface area contributed by atoms with Crippen LogP contribution in [0.5, 0.6) is 35.3 Å². The van der Waals surface area contributed by atoms with E-state index in [4.69, 9.17) is 31.2 Å². The van der Waals surface area contributed by atoms with Crippen LogP contribution in [-0.4, -0.2) is 46.1 Å². The zero-order valence-corrected chi connectivity index (χ0v) is 22.0. The van der Waals surface area contributed by atoms with Crippen LogP contribution >= 0.6 is 12.2 Å². The first-order valence-corrected chi connectivity index (χ1v) is 12.2. The topological polar surface area (TPSA) is 125 Å². The first kappa shape index (κ1) is 26.3. The van der Waals surface area contributed by atoms with Gasteiger partial charge in [0.05, 0.1) is 19.9 Å². The van der Waals surface area contributed by atoms with Gasteiger partial charge < -0.3 is 18.9 Å². The highest BCUT2D eigenvalue weighted by Crippen LogP contribution is 2.28. The van der Waals surface area contributed by atoms with Gasteiger partial charge in [-0.25, -0.2) is 0 Å². The van der Waals surface area contributed by atoms with Crippen LogP contribution in [0.3, 0.4) is 0 Å². The molecule has 12 heteroatoms. The molecule has 1 fully saturated rings. The van der Waals surface area contributed by atoms with Gasteiger partial charge in [0, 0.05) is 0 Å². The second kappa shape index (κ2) is 11.6. The zero-order valence-electron chi connectivity index (χ0n) is 21.2. The molecule has 3 aromatic carbocycles. The fourth-order valence-corrected chi connectivity index (χ4v) is 3.91. The van der Waals surface area contributed by atoms with Crippen LogP contribution in [0.1, 0.15) is 5.56 Å². The molecule has 0 bridgehead atoms. The molecule has 0 spiro atoms. The van der Waals surface area contributed by atoms with Crippen molar-refractivity contribution >= 4 is 40.9 Å². The number of hydrogen-bond donors (Lipinski definition) is 1. The number of para-hydroxylation sites is 1. The number of methoxy groups -OCH3 is 2. The molecule has 1 N–H and O–H groups in total. The van der Waals surface area contributed by atoms with Gasteiger partial charge in [-0.15, -0.1) is 15.0 Å². The average Bonchev–Trinajstić information content (AvgIpc) is 2.97. The third-order valence-electron chi connectivity index (χ3n) is 5.51. The van der Waals surface area contributed by atoms with Crippen molar-refractivity contribution in [3.05, 3.63) is 90.0 Å². The molecule has 1 aliphatic heterocycles. The number of nitrogens with zero attached hydrogens (tertiary/aromatic N) is 4. The molecule has 0 aliphatic carbocycles. The Labute approximate surface area is 234 Å². The average molecular weight is 556 g/mol. The smallest absolute Gasteiger partial charge is 0.331 e. The predicted molar refractivity (Wildman–Crippen MR) is 149 cm³/mol. The quantitative estimate of drug-likeness (QED) is 0.191. The molecule has 0 unspecified atom stereocenters. The summed E-state index contributed by atoms with van der Waals surface area (Å²) in [5, 5.41) is 2.56. The number of benzene rings is 3. The molecular weight excluding hydrogens is 534 g/mol. The van der Waals surface area contributed by atoms with Gasteiger partial charge in [-0.05, 0) is 72.4 Å². The summed E-state index contributed by atoms with van der Waals surface area (Å²) in [4.78, 5) is 39.3. The Bertz CT molecular complexity index is 1570. The highest BCUT2D eigenvalue weighted by molar-refractivity contribution is 7.80. The number of carbonyl (C=O) groups is 2.